The molecule has 0 spiro atoms. The molecule has 2 unspecified atom stereocenters. The summed E-state index contributed by atoms with van der Waals surface area (Å²) in [4.78, 5) is 21.6. The second kappa shape index (κ2) is 25.5. The Morgan fingerprint density at radius 3 is 1.25 bits per heavy atom. The van der Waals surface area contributed by atoms with E-state index in [0.29, 0.717) is 58.5 Å². The van der Waals surface area contributed by atoms with Gasteiger partial charge in [-0.15, -0.1) is 0 Å². The van der Waals surface area contributed by atoms with Gasteiger partial charge in [-0.3, -0.25) is 26.6 Å². The van der Waals surface area contributed by atoms with Crippen molar-refractivity contribution < 1.29 is 65.1 Å². The molecule has 18 nitrogen and oxygen atoms in total. The fourth-order valence-electron chi connectivity index (χ4n) is 7.31. The van der Waals surface area contributed by atoms with E-state index in [2.05, 4.69) is 10.6 Å². The van der Waals surface area contributed by atoms with Crippen LogP contribution in [-0.2, 0) is 40.0 Å². The zero-order valence-electron chi connectivity index (χ0n) is 35.6. The Kier molecular flexibility index (Phi) is 22.3. The van der Waals surface area contributed by atoms with Crippen molar-refractivity contribution in [1.82, 2.24) is 10.6 Å². The number of aliphatic carboxylic acids is 2. The second-order valence-electron chi connectivity index (χ2n) is 14.7. The van der Waals surface area contributed by atoms with Gasteiger partial charge >= 0.3 is 11.9 Å². The number of rotatable bonds is 16. The number of sulfonamides is 2. The Bertz CT molecular complexity index is 2400. The molecule has 0 saturated carbocycles. The molecule has 2 aliphatic heterocycles. The lowest BCUT2D eigenvalue weighted by Crippen LogP contribution is -2.26. The van der Waals surface area contributed by atoms with E-state index in [4.69, 9.17) is 50.9 Å². The van der Waals surface area contributed by atoms with E-state index in [0.717, 1.165) is 49.7 Å². The molecule has 0 aliphatic carbocycles. The summed E-state index contributed by atoms with van der Waals surface area (Å²) in [6.45, 7) is 1.38. The lowest BCUT2D eigenvalue weighted by atomic mass is 9.96. The molecule has 23 heteroatoms. The van der Waals surface area contributed by atoms with E-state index in [-0.39, 0.29) is 45.7 Å². The first-order chi connectivity index (χ1) is 29.6. The molecular weight excluding hydrogens is 952 g/mol. The number of nitrogens with one attached hydrogen (secondary N) is 2. The molecule has 2 atom stereocenters. The lowest BCUT2D eigenvalue weighted by Gasteiger charge is -2.22. The van der Waals surface area contributed by atoms with Crippen LogP contribution in [0.25, 0.3) is 0 Å². The average molecular weight is 1010 g/mol. The van der Waals surface area contributed by atoms with Gasteiger partial charge in [-0.1, -0.05) is 97.4 Å². The molecule has 65 heavy (non-hydrogen) atoms. The number of carboxylic acid groups (broad SMARTS) is 2. The van der Waals surface area contributed by atoms with Crippen molar-refractivity contribution in [2.24, 2.45) is 0 Å². The molecular formula is C42H54Cl2N4O14S3-2. The predicted octanol–water partition coefficient (Wildman–Crippen LogP) is 5.40. The molecule has 2 aliphatic rings. The van der Waals surface area contributed by atoms with E-state index in [1.165, 1.54) is 20.7 Å². The van der Waals surface area contributed by atoms with Gasteiger partial charge in [0.2, 0.25) is 0 Å². The highest BCUT2D eigenvalue weighted by molar-refractivity contribution is 7.93. The summed E-state index contributed by atoms with van der Waals surface area (Å²) in [5.41, 5.74) is 4.42. The van der Waals surface area contributed by atoms with E-state index < -0.39 is 42.4 Å². The van der Waals surface area contributed by atoms with Crippen LogP contribution in [0.5, 0.6) is 0 Å². The van der Waals surface area contributed by atoms with Crippen molar-refractivity contribution in [3.8, 4) is 0 Å². The SMILES string of the molecule is CN1c2ccccc2C(NCCCCCCC(=O)O)c2ccc(Cl)cc2S1(=O)=O.CN1c2ccccc2C(NCCCCCCC(=O)O)c2ccc(Cl)cc2S1(=O)=O.O.O.O=S(=O)([O-])[O-]. The Balaban J connectivity index is 0.000000394. The minimum Gasteiger partial charge on any atom is -0.759 e. The summed E-state index contributed by atoms with van der Waals surface area (Å²) in [6.07, 6.45) is 7.05. The summed E-state index contributed by atoms with van der Waals surface area (Å²) in [5.74, 6) is -1.53. The molecule has 8 N–H and O–H groups in total. The number of carboxylic acids is 2. The number of fused-ring (bicyclic) bond motifs is 4. The number of nitrogens with zero attached hydrogens (tertiary/aromatic N) is 2. The molecule has 2 heterocycles. The van der Waals surface area contributed by atoms with Crippen molar-refractivity contribution in [1.29, 1.82) is 0 Å². The molecule has 0 saturated heterocycles. The monoisotopic (exact) mass is 1000 g/mol. The highest BCUT2D eigenvalue weighted by Crippen LogP contribution is 2.42. The van der Waals surface area contributed by atoms with Crippen LogP contribution in [0.3, 0.4) is 0 Å². The average Bonchev–Trinajstić information content (AvgIpc) is 3.32. The maximum atomic E-state index is 13.2. The van der Waals surface area contributed by atoms with Gasteiger partial charge in [0.05, 0.1) is 33.2 Å². The minimum atomic E-state index is -5.17. The Labute approximate surface area is 389 Å². The lowest BCUT2D eigenvalue weighted by molar-refractivity contribution is -0.138. The second-order valence-corrected chi connectivity index (χ2v) is 20.3. The van der Waals surface area contributed by atoms with Crippen molar-refractivity contribution in [3.05, 3.63) is 117 Å². The number of hydrogen-bond acceptors (Lipinski definition) is 12. The summed E-state index contributed by atoms with van der Waals surface area (Å²) in [7, 11) is -9.50. The number of para-hydroxylation sites is 2. The summed E-state index contributed by atoms with van der Waals surface area (Å²) in [6, 6.07) is 24.4. The topological polar surface area (TPSA) is 317 Å². The summed E-state index contributed by atoms with van der Waals surface area (Å²) in [5, 5.41) is 25.2. The molecule has 360 valence electrons. The highest BCUT2D eigenvalue weighted by Gasteiger charge is 2.36. The van der Waals surface area contributed by atoms with Crippen molar-refractivity contribution >= 4 is 77.0 Å². The zero-order chi connectivity index (χ0) is 46.5. The van der Waals surface area contributed by atoms with E-state index in [9.17, 15) is 26.4 Å². The number of hydrogen-bond donors (Lipinski definition) is 4. The van der Waals surface area contributed by atoms with Crippen LogP contribution in [0, 0.1) is 0 Å². The largest absolute Gasteiger partial charge is 0.759 e. The maximum Gasteiger partial charge on any atom is 0.303 e. The van der Waals surface area contributed by atoms with Gasteiger partial charge in [-0.2, -0.15) is 0 Å². The Hall–Kier alpha value is -4.39. The molecule has 0 aromatic heterocycles. The van der Waals surface area contributed by atoms with E-state index >= 15 is 0 Å². The quantitative estimate of drug-likeness (QED) is 0.0621. The van der Waals surface area contributed by atoms with Crippen molar-refractivity contribution in [2.45, 2.75) is 86.1 Å². The van der Waals surface area contributed by atoms with Gasteiger partial charge in [0.1, 0.15) is 0 Å². The zero-order valence-corrected chi connectivity index (χ0v) is 39.5. The number of benzene rings is 4. The van der Waals surface area contributed by atoms with Crippen LogP contribution in [0.1, 0.15) is 98.5 Å². The number of unbranched alkanes of at least 4 members (excludes halogenated alkanes) is 6. The standard InChI is InChI=1S/2C21H25ClN2O4S.H2O4S.2H2O/c2*1-24-18-9-6-5-8-16(18)21(23-13-7-3-2-4-10-20(25)26)17-12-11-15(22)14-19(17)29(24,27)28;1-5(2,3)4;;/h2*5-6,8-9,11-12,14,21,23H,2-4,7,10,13H2,1H3,(H,25,26);(H2,1,2,3,4);2*1H2/p-2. The van der Waals surface area contributed by atoms with Crippen molar-refractivity contribution in [2.75, 3.05) is 35.8 Å². The molecule has 6 rings (SSSR count). The summed E-state index contributed by atoms with van der Waals surface area (Å²) >= 11 is 12.2. The predicted molar refractivity (Wildman–Crippen MR) is 246 cm³/mol. The number of carbonyl (C=O) groups is 2. The van der Waals surface area contributed by atoms with Crippen LogP contribution < -0.4 is 19.2 Å². The third-order valence-corrected chi connectivity index (χ3v) is 14.5. The van der Waals surface area contributed by atoms with E-state index in [1.807, 2.05) is 36.4 Å². The van der Waals surface area contributed by atoms with Gasteiger partial charge in [0.15, 0.2) is 0 Å². The first kappa shape index (κ1) is 56.7. The fraction of sp³-hybridized carbons (Fsp3) is 0.381. The van der Waals surface area contributed by atoms with Gasteiger partial charge in [-0.25, -0.2) is 16.8 Å². The number of anilines is 2. The van der Waals surface area contributed by atoms with Gasteiger partial charge in [0, 0.05) is 47.4 Å². The molecule has 4 aromatic carbocycles. The smallest absolute Gasteiger partial charge is 0.303 e. The van der Waals surface area contributed by atoms with E-state index in [1.54, 1.807) is 50.5 Å². The minimum absolute atomic E-state index is 0. The van der Waals surface area contributed by atoms with Crippen molar-refractivity contribution in [3.63, 3.8) is 0 Å². The normalized spacial score (nSPS) is 16.3. The molecule has 0 amide bonds. The fourth-order valence-corrected chi connectivity index (χ4v) is 10.7. The summed E-state index contributed by atoms with van der Waals surface area (Å²) < 4.78 is 89.4. The first-order valence-corrected chi connectivity index (χ1v) is 24.9. The maximum absolute atomic E-state index is 13.2. The van der Waals surface area contributed by atoms with Crippen LogP contribution in [0.15, 0.2) is 94.7 Å². The molecule has 0 fully saturated rings. The third-order valence-electron chi connectivity index (χ3n) is 10.4. The van der Waals surface area contributed by atoms with Gasteiger partial charge in [-0.05, 0) is 97.4 Å². The van der Waals surface area contributed by atoms with Crippen LogP contribution in [0.2, 0.25) is 10.0 Å². The Morgan fingerprint density at radius 2 is 0.908 bits per heavy atom. The first-order valence-electron chi connectivity index (χ1n) is 20.0. The van der Waals surface area contributed by atoms with Gasteiger partial charge < -0.3 is 40.9 Å². The van der Waals surface area contributed by atoms with Crippen LogP contribution in [0.4, 0.5) is 11.4 Å². The van der Waals surface area contributed by atoms with Gasteiger partial charge in [0.25, 0.3) is 20.0 Å². The van der Waals surface area contributed by atoms with Crippen LogP contribution in [-0.4, -0.2) is 94.6 Å². The molecule has 0 bridgehead atoms. The van der Waals surface area contributed by atoms with Crippen LogP contribution >= 0.6 is 23.2 Å². The highest BCUT2D eigenvalue weighted by atomic mass is 35.5. The Morgan fingerprint density at radius 1 is 0.585 bits per heavy atom. The third kappa shape index (κ3) is 15.9. The molecule has 0 radical (unpaired) electrons. The molecule has 4 aromatic rings. The number of halogens is 2.